The summed E-state index contributed by atoms with van der Waals surface area (Å²) in [7, 11) is 0. The average Bonchev–Trinajstić information content (AvgIpc) is 2.80. The summed E-state index contributed by atoms with van der Waals surface area (Å²) < 4.78 is 0. The number of nitrogens with two attached hydrogens (primary N) is 1. The normalized spacial score (nSPS) is 22.3. The van der Waals surface area contributed by atoms with Gasteiger partial charge in [0.05, 0.1) is 11.3 Å². The summed E-state index contributed by atoms with van der Waals surface area (Å²) in [5.41, 5.74) is 7.92. The number of carbonyl (C=O) groups is 1. The monoisotopic (exact) mass is 256 g/mol. The van der Waals surface area contributed by atoms with Gasteiger partial charge in [0.25, 0.3) is 0 Å². The number of rotatable bonds is 1. The lowest BCUT2D eigenvalue weighted by Gasteiger charge is -2.39. The molecule has 2 fully saturated rings. The van der Waals surface area contributed by atoms with Crippen molar-refractivity contribution < 1.29 is 4.79 Å². The molecule has 1 atom stereocenters. The van der Waals surface area contributed by atoms with E-state index in [1.807, 2.05) is 17.0 Å². The van der Waals surface area contributed by atoms with Gasteiger partial charge in [-0.1, -0.05) is 0 Å². The van der Waals surface area contributed by atoms with Crippen molar-refractivity contribution in [3.05, 3.63) is 23.8 Å². The molecule has 1 aromatic rings. The van der Waals surface area contributed by atoms with E-state index in [0.29, 0.717) is 23.7 Å². The first-order chi connectivity index (χ1) is 9.19. The Balaban J connectivity index is 1.79. The van der Waals surface area contributed by atoms with Crippen LogP contribution in [-0.4, -0.2) is 36.5 Å². The average molecular weight is 256 g/mol. The molecule has 5 heteroatoms. The number of nitrogens with zero attached hydrogens (tertiary/aromatic N) is 3. The molecule has 0 spiro atoms. The molecule has 5 nitrogen and oxygen atoms in total. The maximum absolute atomic E-state index is 11.6. The van der Waals surface area contributed by atoms with Crippen LogP contribution in [0.2, 0.25) is 0 Å². The molecule has 0 aromatic heterocycles. The number of amides is 1. The number of hydrogen-bond acceptors (Lipinski definition) is 4. The molecular weight excluding hydrogens is 240 g/mol. The molecular formula is C14H16N4O. The zero-order chi connectivity index (χ0) is 13.4. The molecule has 2 N–H and O–H groups in total. The summed E-state index contributed by atoms with van der Waals surface area (Å²) in [6.07, 6.45) is 1.62. The molecule has 0 aliphatic carbocycles. The van der Waals surface area contributed by atoms with Crippen molar-refractivity contribution in [2.75, 3.05) is 30.3 Å². The molecule has 1 aromatic carbocycles. The van der Waals surface area contributed by atoms with E-state index in [-0.39, 0.29) is 5.91 Å². The van der Waals surface area contributed by atoms with Gasteiger partial charge in [-0.25, -0.2) is 0 Å². The van der Waals surface area contributed by atoms with Gasteiger partial charge < -0.3 is 15.5 Å². The molecule has 98 valence electrons. The van der Waals surface area contributed by atoms with Crippen LogP contribution in [0, 0.1) is 11.3 Å². The van der Waals surface area contributed by atoms with Gasteiger partial charge in [-0.2, -0.15) is 5.26 Å². The molecule has 1 amide bonds. The maximum atomic E-state index is 11.6. The maximum Gasteiger partial charge on any atom is 0.223 e. The smallest absolute Gasteiger partial charge is 0.223 e. The minimum atomic E-state index is 0.281. The van der Waals surface area contributed by atoms with Crippen molar-refractivity contribution in [3.8, 4) is 6.07 Å². The van der Waals surface area contributed by atoms with Gasteiger partial charge in [0.1, 0.15) is 6.07 Å². The van der Waals surface area contributed by atoms with Crippen LogP contribution < -0.4 is 10.6 Å². The van der Waals surface area contributed by atoms with E-state index in [4.69, 9.17) is 11.0 Å². The van der Waals surface area contributed by atoms with Crippen LogP contribution >= 0.6 is 0 Å². The third kappa shape index (κ3) is 1.99. The third-order valence-electron chi connectivity index (χ3n) is 4.02. The Morgan fingerprint density at radius 3 is 2.95 bits per heavy atom. The van der Waals surface area contributed by atoms with E-state index >= 15 is 0 Å². The summed E-state index contributed by atoms with van der Waals surface area (Å²) >= 11 is 0. The Morgan fingerprint density at radius 1 is 1.37 bits per heavy atom. The predicted molar refractivity (Wildman–Crippen MR) is 72.5 cm³/mol. The molecule has 1 unspecified atom stereocenters. The number of hydrogen-bond donors (Lipinski definition) is 1. The van der Waals surface area contributed by atoms with Crippen molar-refractivity contribution in [2.24, 2.45) is 0 Å². The van der Waals surface area contributed by atoms with Crippen LogP contribution in [0.3, 0.4) is 0 Å². The minimum absolute atomic E-state index is 0.281. The van der Waals surface area contributed by atoms with Gasteiger partial charge in [0, 0.05) is 37.8 Å². The van der Waals surface area contributed by atoms with E-state index in [2.05, 4.69) is 11.0 Å². The Bertz CT molecular complexity index is 563. The summed E-state index contributed by atoms with van der Waals surface area (Å²) in [5, 5.41) is 8.88. The highest BCUT2D eigenvalue weighted by Crippen LogP contribution is 2.28. The zero-order valence-corrected chi connectivity index (χ0v) is 10.7. The van der Waals surface area contributed by atoms with Gasteiger partial charge in [0.2, 0.25) is 5.91 Å². The second-order valence-electron chi connectivity index (χ2n) is 5.11. The number of fused-ring (bicyclic) bond motifs is 1. The first-order valence-corrected chi connectivity index (χ1v) is 6.53. The van der Waals surface area contributed by atoms with Crippen LogP contribution in [0.4, 0.5) is 11.4 Å². The summed E-state index contributed by atoms with van der Waals surface area (Å²) in [6, 6.07) is 7.95. The van der Waals surface area contributed by atoms with Gasteiger partial charge in [-0.05, 0) is 24.6 Å². The van der Waals surface area contributed by atoms with Gasteiger partial charge in [-0.3, -0.25) is 4.79 Å². The standard InChI is InChI=1S/C14H16N4O/c15-8-10-1-2-11(7-13(10)16)17-5-6-18-12(9-17)3-4-14(18)19/h1-2,7,12H,3-6,9,16H2. The van der Waals surface area contributed by atoms with E-state index < -0.39 is 0 Å². The van der Waals surface area contributed by atoms with Crippen LogP contribution in [0.5, 0.6) is 0 Å². The SMILES string of the molecule is N#Cc1ccc(N2CCN3C(=O)CCC3C2)cc1N. The molecule has 0 saturated carbocycles. The minimum Gasteiger partial charge on any atom is -0.398 e. The Kier molecular flexibility index (Phi) is 2.79. The van der Waals surface area contributed by atoms with E-state index in [9.17, 15) is 4.79 Å². The highest BCUT2D eigenvalue weighted by Gasteiger charge is 2.35. The number of piperazine rings is 1. The highest BCUT2D eigenvalue weighted by atomic mass is 16.2. The first-order valence-electron chi connectivity index (χ1n) is 6.53. The van der Waals surface area contributed by atoms with Gasteiger partial charge in [0.15, 0.2) is 0 Å². The fourth-order valence-corrected chi connectivity index (χ4v) is 2.95. The number of nitriles is 1. The quantitative estimate of drug-likeness (QED) is 0.759. The molecule has 0 bridgehead atoms. The molecule has 2 saturated heterocycles. The first kappa shape index (κ1) is 11.8. The summed E-state index contributed by atoms with van der Waals surface area (Å²) in [4.78, 5) is 15.9. The fourth-order valence-electron chi connectivity index (χ4n) is 2.95. The van der Waals surface area contributed by atoms with Crippen molar-refractivity contribution in [2.45, 2.75) is 18.9 Å². The number of benzene rings is 1. The van der Waals surface area contributed by atoms with Crippen molar-refractivity contribution in [3.63, 3.8) is 0 Å². The van der Waals surface area contributed by atoms with Crippen LogP contribution in [0.15, 0.2) is 18.2 Å². The van der Waals surface area contributed by atoms with Crippen molar-refractivity contribution in [1.82, 2.24) is 4.90 Å². The number of nitrogen functional groups attached to an aromatic ring is 1. The van der Waals surface area contributed by atoms with E-state index in [0.717, 1.165) is 31.7 Å². The summed E-state index contributed by atoms with van der Waals surface area (Å²) in [6.45, 7) is 2.47. The Hall–Kier alpha value is -2.22. The number of anilines is 2. The molecule has 2 heterocycles. The largest absolute Gasteiger partial charge is 0.398 e. The highest BCUT2D eigenvalue weighted by molar-refractivity contribution is 5.79. The molecule has 3 rings (SSSR count). The van der Waals surface area contributed by atoms with E-state index in [1.54, 1.807) is 6.07 Å². The second kappa shape index (κ2) is 4.47. The molecule has 2 aliphatic rings. The van der Waals surface area contributed by atoms with Crippen molar-refractivity contribution >= 4 is 17.3 Å². The number of carbonyl (C=O) groups excluding carboxylic acids is 1. The van der Waals surface area contributed by atoms with Gasteiger partial charge in [-0.15, -0.1) is 0 Å². The van der Waals surface area contributed by atoms with Crippen LogP contribution in [0.25, 0.3) is 0 Å². The van der Waals surface area contributed by atoms with Crippen LogP contribution in [-0.2, 0) is 4.79 Å². The molecule has 2 aliphatic heterocycles. The zero-order valence-electron chi connectivity index (χ0n) is 10.7. The predicted octanol–water partition coefficient (Wildman–Crippen LogP) is 0.951. The lowest BCUT2D eigenvalue weighted by Crippen LogP contribution is -2.51. The lowest BCUT2D eigenvalue weighted by atomic mass is 10.1. The third-order valence-corrected chi connectivity index (χ3v) is 4.02. The topological polar surface area (TPSA) is 73.4 Å². The Labute approximate surface area is 112 Å². The summed E-state index contributed by atoms with van der Waals surface area (Å²) in [5.74, 6) is 0.281. The Morgan fingerprint density at radius 2 is 2.21 bits per heavy atom. The second-order valence-corrected chi connectivity index (χ2v) is 5.11. The molecule has 19 heavy (non-hydrogen) atoms. The van der Waals surface area contributed by atoms with Crippen LogP contribution in [0.1, 0.15) is 18.4 Å². The van der Waals surface area contributed by atoms with Crippen molar-refractivity contribution in [1.29, 1.82) is 5.26 Å². The van der Waals surface area contributed by atoms with Gasteiger partial charge >= 0.3 is 0 Å². The lowest BCUT2D eigenvalue weighted by molar-refractivity contribution is -0.129. The molecule has 0 radical (unpaired) electrons. The fraction of sp³-hybridized carbons (Fsp3) is 0.429. The van der Waals surface area contributed by atoms with E-state index in [1.165, 1.54) is 0 Å².